The van der Waals surface area contributed by atoms with E-state index in [0.717, 1.165) is 61.1 Å². The maximum absolute atomic E-state index is 6.19. The van der Waals surface area contributed by atoms with Gasteiger partial charge in [0.25, 0.3) is 0 Å². The average Bonchev–Trinajstić information content (AvgIpc) is 3.65. The summed E-state index contributed by atoms with van der Waals surface area (Å²) in [6.07, 6.45) is 0. The van der Waals surface area contributed by atoms with Gasteiger partial charge in [0.05, 0.1) is 11.4 Å². The number of fused-ring (bicyclic) bond motifs is 7. The Morgan fingerprint density at radius 2 is 1.12 bits per heavy atom. The lowest BCUT2D eigenvalue weighted by Crippen LogP contribution is -2.14. The molecule has 0 N–H and O–H groups in total. The molecular weight excluding hydrogens is 609 g/mol. The molecule has 0 unspecified atom stereocenters. The summed E-state index contributed by atoms with van der Waals surface area (Å²) >= 11 is 0. The monoisotopic (exact) mass is 640 g/mol. The van der Waals surface area contributed by atoms with Crippen molar-refractivity contribution in [2.75, 3.05) is 0 Å². The topological polar surface area (TPSA) is 38.9 Å². The molecule has 10 rings (SSSR count). The van der Waals surface area contributed by atoms with Gasteiger partial charge in [-0.3, -0.25) is 0 Å². The van der Waals surface area contributed by atoms with E-state index in [-0.39, 0.29) is 5.41 Å². The number of nitrogens with zero attached hydrogens (tertiary/aromatic N) is 2. The van der Waals surface area contributed by atoms with Crippen molar-refractivity contribution in [1.82, 2.24) is 9.97 Å². The van der Waals surface area contributed by atoms with Gasteiger partial charge in [-0.25, -0.2) is 9.97 Å². The molecule has 2 heterocycles. The van der Waals surface area contributed by atoms with Gasteiger partial charge in [-0.15, -0.1) is 0 Å². The normalized spacial score (nSPS) is 13.2. The van der Waals surface area contributed by atoms with E-state index in [2.05, 4.69) is 141 Å². The predicted molar refractivity (Wildman–Crippen MR) is 206 cm³/mol. The zero-order valence-corrected chi connectivity index (χ0v) is 27.8. The van der Waals surface area contributed by atoms with Crippen molar-refractivity contribution < 1.29 is 4.42 Å². The molecule has 2 aromatic heterocycles. The first-order chi connectivity index (χ1) is 24.5. The van der Waals surface area contributed by atoms with Crippen LogP contribution in [0.3, 0.4) is 0 Å². The third-order valence-electron chi connectivity index (χ3n) is 10.5. The van der Waals surface area contributed by atoms with Crippen LogP contribution in [0, 0.1) is 0 Å². The van der Waals surface area contributed by atoms with E-state index in [9.17, 15) is 0 Å². The van der Waals surface area contributed by atoms with Gasteiger partial charge in [-0.05, 0) is 80.6 Å². The van der Waals surface area contributed by atoms with Crippen molar-refractivity contribution >= 4 is 32.7 Å². The van der Waals surface area contributed by atoms with Gasteiger partial charge in [0.15, 0.2) is 5.82 Å². The standard InChI is InChI=1S/C47H32N2O/c1-47(2)39-17-10-16-37(45(39)38-25-32-13-6-7-14-33(32)26-40(38)47)42-28-41(48-46(49-42)31-11-4-3-5-12-31)30-21-19-29(20-22-30)34-23-24-36-35-15-8-9-18-43(35)50-44(36)27-34/h3-28H,1-2H3. The highest BCUT2D eigenvalue weighted by Gasteiger charge is 2.37. The fourth-order valence-corrected chi connectivity index (χ4v) is 7.87. The largest absolute Gasteiger partial charge is 0.456 e. The van der Waals surface area contributed by atoms with E-state index in [1.54, 1.807) is 0 Å². The van der Waals surface area contributed by atoms with Crippen LogP contribution in [0.2, 0.25) is 0 Å². The molecule has 0 bridgehead atoms. The summed E-state index contributed by atoms with van der Waals surface area (Å²) in [4.78, 5) is 10.4. The van der Waals surface area contributed by atoms with Crippen molar-refractivity contribution in [2.45, 2.75) is 19.3 Å². The van der Waals surface area contributed by atoms with Crippen LogP contribution in [0.15, 0.2) is 162 Å². The minimum atomic E-state index is -0.135. The highest BCUT2D eigenvalue weighted by atomic mass is 16.3. The number of para-hydroxylation sites is 1. The Hall–Kier alpha value is -6.32. The van der Waals surface area contributed by atoms with Crippen molar-refractivity contribution in [1.29, 1.82) is 0 Å². The van der Waals surface area contributed by atoms with Crippen LogP contribution in [-0.4, -0.2) is 9.97 Å². The molecule has 0 atom stereocenters. The minimum Gasteiger partial charge on any atom is -0.456 e. The summed E-state index contributed by atoms with van der Waals surface area (Å²) in [7, 11) is 0. The van der Waals surface area contributed by atoms with Crippen molar-refractivity contribution in [3.8, 4) is 56.2 Å². The van der Waals surface area contributed by atoms with E-state index in [1.165, 1.54) is 33.0 Å². The SMILES string of the molecule is CC1(C)c2cc3ccccc3cc2-c2c(-c3cc(-c4ccc(-c5ccc6c(c5)oc5ccccc56)cc4)nc(-c4ccccc4)n3)cccc21. The van der Waals surface area contributed by atoms with Crippen LogP contribution >= 0.6 is 0 Å². The molecule has 0 radical (unpaired) electrons. The number of rotatable bonds is 4. The summed E-state index contributed by atoms with van der Waals surface area (Å²) < 4.78 is 6.19. The van der Waals surface area contributed by atoms with E-state index in [0.29, 0.717) is 5.82 Å². The number of aromatic nitrogens is 2. The molecule has 3 heteroatoms. The Kier molecular flexibility index (Phi) is 6.22. The zero-order chi connectivity index (χ0) is 33.4. The van der Waals surface area contributed by atoms with Gasteiger partial charge < -0.3 is 4.42 Å². The molecule has 1 aliphatic rings. The predicted octanol–water partition coefficient (Wildman–Crippen LogP) is 12.5. The Bertz CT molecular complexity index is 2770. The van der Waals surface area contributed by atoms with Crippen LogP contribution in [0.1, 0.15) is 25.0 Å². The molecule has 0 spiro atoms. The quantitative estimate of drug-likeness (QED) is 0.192. The summed E-state index contributed by atoms with van der Waals surface area (Å²) in [5, 5.41) is 4.79. The molecule has 236 valence electrons. The van der Waals surface area contributed by atoms with Gasteiger partial charge in [0, 0.05) is 32.9 Å². The summed E-state index contributed by atoms with van der Waals surface area (Å²) in [5.41, 5.74) is 14.1. The van der Waals surface area contributed by atoms with Gasteiger partial charge in [-0.2, -0.15) is 0 Å². The molecule has 50 heavy (non-hydrogen) atoms. The van der Waals surface area contributed by atoms with Crippen molar-refractivity contribution in [2.24, 2.45) is 0 Å². The van der Waals surface area contributed by atoms with Crippen molar-refractivity contribution in [3.63, 3.8) is 0 Å². The minimum absolute atomic E-state index is 0.135. The van der Waals surface area contributed by atoms with E-state index < -0.39 is 0 Å². The average molecular weight is 641 g/mol. The Morgan fingerprint density at radius 3 is 1.96 bits per heavy atom. The Labute approximate surface area is 290 Å². The molecule has 7 aromatic carbocycles. The molecule has 0 fully saturated rings. The second-order valence-corrected chi connectivity index (χ2v) is 13.8. The van der Waals surface area contributed by atoms with E-state index in [1.807, 2.05) is 30.3 Å². The Morgan fingerprint density at radius 1 is 0.440 bits per heavy atom. The van der Waals surface area contributed by atoms with Crippen LogP contribution in [0.25, 0.3) is 88.9 Å². The van der Waals surface area contributed by atoms with Gasteiger partial charge >= 0.3 is 0 Å². The number of hydrogen-bond acceptors (Lipinski definition) is 3. The van der Waals surface area contributed by atoms with E-state index in [4.69, 9.17) is 14.4 Å². The highest BCUT2D eigenvalue weighted by Crippen LogP contribution is 2.53. The molecule has 0 aliphatic heterocycles. The lowest BCUT2D eigenvalue weighted by atomic mass is 9.81. The fourth-order valence-electron chi connectivity index (χ4n) is 7.87. The summed E-state index contributed by atoms with van der Waals surface area (Å²) in [6, 6.07) is 55.9. The third-order valence-corrected chi connectivity index (χ3v) is 10.5. The zero-order valence-electron chi connectivity index (χ0n) is 27.8. The van der Waals surface area contributed by atoms with Crippen LogP contribution in [0.4, 0.5) is 0 Å². The molecule has 0 saturated heterocycles. The molecule has 0 saturated carbocycles. The summed E-state index contributed by atoms with van der Waals surface area (Å²) in [5.74, 6) is 0.714. The molecular formula is C47H32N2O. The first-order valence-electron chi connectivity index (χ1n) is 17.2. The molecule has 1 aliphatic carbocycles. The summed E-state index contributed by atoms with van der Waals surface area (Å²) in [6.45, 7) is 4.68. The number of furan rings is 1. The lowest BCUT2D eigenvalue weighted by molar-refractivity contribution is 0.661. The van der Waals surface area contributed by atoms with Gasteiger partial charge in [0.1, 0.15) is 11.2 Å². The van der Waals surface area contributed by atoms with Gasteiger partial charge in [0.2, 0.25) is 0 Å². The number of hydrogen-bond donors (Lipinski definition) is 0. The molecule has 3 nitrogen and oxygen atoms in total. The maximum Gasteiger partial charge on any atom is 0.160 e. The highest BCUT2D eigenvalue weighted by molar-refractivity contribution is 6.06. The first kappa shape index (κ1) is 28.7. The Balaban J connectivity index is 1.11. The maximum atomic E-state index is 6.19. The van der Waals surface area contributed by atoms with Gasteiger partial charge in [-0.1, -0.05) is 135 Å². The smallest absolute Gasteiger partial charge is 0.160 e. The molecule has 9 aromatic rings. The van der Waals surface area contributed by atoms with Crippen LogP contribution in [0.5, 0.6) is 0 Å². The van der Waals surface area contributed by atoms with Crippen molar-refractivity contribution in [3.05, 3.63) is 169 Å². The molecule has 0 amide bonds. The fraction of sp³-hybridized carbons (Fsp3) is 0.0638. The first-order valence-corrected chi connectivity index (χ1v) is 17.2. The van der Waals surface area contributed by atoms with Crippen LogP contribution < -0.4 is 0 Å². The second-order valence-electron chi connectivity index (χ2n) is 13.8. The lowest BCUT2D eigenvalue weighted by Gasteiger charge is -2.22. The third kappa shape index (κ3) is 4.44. The number of benzene rings is 7. The van der Waals surface area contributed by atoms with E-state index >= 15 is 0 Å². The second kappa shape index (κ2) is 10.8. The van der Waals surface area contributed by atoms with Crippen LogP contribution in [-0.2, 0) is 5.41 Å².